The molecule has 0 aromatic carbocycles. The van der Waals surface area contributed by atoms with Crippen LogP contribution >= 0.6 is 11.3 Å². The van der Waals surface area contributed by atoms with E-state index in [-0.39, 0.29) is 10.8 Å². The molecule has 0 aliphatic rings. The first-order valence-electron chi connectivity index (χ1n) is 3.57. The lowest BCUT2D eigenvalue weighted by Crippen LogP contribution is -1.89. The van der Waals surface area contributed by atoms with Crippen LogP contribution in [0.3, 0.4) is 0 Å². The summed E-state index contributed by atoms with van der Waals surface area (Å²) < 4.78 is 0. The lowest BCUT2D eigenvalue weighted by Gasteiger charge is -1.84. The van der Waals surface area contributed by atoms with Gasteiger partial charge in [-0.25, -0.2) is 10.1 Å². The standard InChI is InChI=1S/C6H5N5O2S/c12-4-3(14-6(13)10-4)1-7-5-8-2-9-11-5/h1-2,12H,(H,10,13)(H,8,9,11)/b7-1+. The highest BCUT2D eigenvalue weighted by Gasteiger charge is 2.03. The van der Waals surface area contributed by atoms with Gasteiger partial charge in [0.15, 0.2) is 0 Å². The summed E-state index contributed by atoms with van der Waals surface area (Å²) in [4.78, 5) is 20.6. The van der Waals surface area contributed by atoms with Gasteiger partial charge in [0.1, 0.15) is 11.2 Å². The van der Waals surface area contributed by atoms with E-state index >= 15 is 0 Å². The predicted octanol–water partition coefficient (Wildman–Crippen LogP) is 0.0107. The van der Waals surface area contributed by atoms with Crippen LogP contribution in [0.1, 0.15) is 4.88 Å². The molecule has 14 heavy (non-hydrogen) atoms. The first kappa shape index (κ1) is 8.63. The topological polar surface area (TPSA) is 107 Å². The van der Waals surface area contributed by atoms with E-state index in [0.29, 0.717) is 10.8 Å². The van der Waals surface area contributed by atoms with Gasteiger partial charge < -0.3 is 5.11 Å². The Kier molecular flexibility index (Phi) is 2.11. The van der Waals surface area contributed by atoms with Gasteiger partial charge in [-0.1, -0.05) is 11.3 Å². The third kappa shape index (κ3) is 1.69. The Morgan fingerprint density at radius 1 is 1.64 bits per heavy atom. The molecule has 0 radical (unpaired) electrons. The third-order valence-corrected chi connectivity index (χ3v) is 2.17. The summed E-state index contributed by atoms with van der Waals surface area (Å²) >= 11 is 0.864. The molecule has 0 atom stereocenters. The van der Waals surface area contributed by atoms with Crippen molar-refractivity contribution < 1.29 is 5.11 Å². The fourth-order valence-electron chi connectivity index (χ4n) is 0.800. The molecule has 0 bridgehead atoms. The van der Waals surface area contributed by atoms with Gasteiger partial charge in [-0.05, 0) is 0 Å². The fraction of sp³-hybridized carbons (Fsp3) is 0. The summed E-state index contributed by atoms with van der Waals surface area (Å²) in [7, 11) is 0. The zero-order valence-electron chi connectivity index (χ0n) is 6.76. The van der Waals surface area contributed by atoms with E-state index in [1.54, 1.807) is 0 Å². The molecule has 2 rings (SSSR count). The van der Waals surface area contributed by atoms with E-state index in [2.05, 4.69) is 25.2 Å². The molecule has 7 nitrogen and oxygen atoms in total. The van der Waals surface area contributed by atoms with Gasteiger partial charge >= 0.3 is 4.87 Å². The Labute approximate surface area is 81.2 Å². The molecule has 0 fully saturated rings. The van der Waals surface area contributed by atoms with Crippen molar-refractivity contribution in [1.29, 1.82) is 0 Å². The van der Waals surface area contributed by atoms with E-state index < -0.39 is 0 Å². The molecule has 0 aliphatic heterocycles. The lowest BCUT2D eigenvalue weighted by atomic mass is 10.6. The van der Waals surface area contributed by atoms with E-state index in [4.69, 9.17) is 0 Å². The van der Waals surface area contributed by atoms with Gasteiger partial charge in [-0.3, -0.25) is 9.78 Å². The second-order valence-electron chi connectivity index (χ2n) is 2.29. The SMILES string of the molecule is O=c1[nH]c(O)c(/C=N/c2ncn[nH]2)s1. The number of thiazole rings is 1. The largest absolute Gasteiger partial charge is 0.493 e. The maximum atomic E-state index is 10.8. The molecule has 0 amide bonds. The Hall–Kier alpha value is -1.96. The highest BCUT2D eigenvalue weighted by atomic mass is 32.1. The molecule has 2 aromatic rings. The number of hydrogen-bond acceptors (Lipinski definition) is 6. The van der Waals surface area contributed by atoms with E-state index in [1.807, 2.05) is 0 Å². The smallest absolute Gasteiger partial charge is 0.307 e. The molecular weight excluding hydrogens is 206 g/mol. The molecule has 0 saturated heterocycles. The van der Waals surface area contributed by atoms with Crippen LogP contribution in [0.25, 0.3) is 0 Å². The summed E-state index contributed by atoms with van der Waals surface area (Å²) in [6.45, 7) is 0. The van der Waals surface area contributed by atoms with Crippen LogP contribution in [0.2, 0.25) is 0 Å². The molecule has 0 unspecified atom stereocenters. The Morgan fingerprint density at radius 2 is 2.50 bits per heavy atom. The minimum absolute atomic E-state index is 0.191. The Morgan fingerprint density at radius 3 is 3.07 bits per heavy atom. The van der Waals surface area contributed by atoms with Crippen LogP contribution in [-0.2, 0) is 0 Å². The molecule has 2 heterocycles. The molecule has 0 spiro atoms. The molecule has 8 heteroatoms. The average Bonchev–Trinajstić information content (AvgIpc) is 2.72. The number of aliphatic imine (C=N–C) groups is 1. The number of hydrogen-bond donors (Lipinski definition) is 3. The number of aromatic hydroxyl groups is 1. The van der Waals surface area contributed by atoms with Crippen molar-refractivity contribution in [3.05, 3.63) is 20.9 Å². The maximum absolute atomic E-state index is 10.8. The molecular formula is C6H5N5O2S. The van der Waals surface area contributed by atoms with Gasteiger partial charge in [-0.15, -0.1) is 0 Å². The van der Waals surface area contributed by atoms with Gasteiger partial charge in [0, 0.05) is 0 Å². The van der Waals surface area contributed by atoms with E-state index in [1.165, 1.54) is 12.5 Å². The van der Waals surface area contributed by atoms with Crippen molar-refractivity contribution in [1.82, 2.24) is 20.2 Å². The minimum Gasteiger partial charge on any atom is -0.493 e. The Bertz CT molecular complexity index is 497. The van der Waals surface area contributed by atoms with E-state index in [9.17, 15) is 9.90 Å². The van der Waals surface area contributed by atoms with Crippen LogP contribution in [0.5, 0.6) is 5.88 Å². The minimum atomic E-state index is -0.332. The van der Waals surface area contributed by atoms with Crippen LogP contribution in [0.4, 0.5) is 5.95 Å². The molecule has 72 valence electrons. The zero-order valence-corrected chi connectivity index (χ0v) is 7.58. The second-order valence-corrected chi connectivity index (χ2v) is 3.31. The molecule has 0 aliphatic carbocycles. The van der Waals surface area contributed by atoms with Crippen molar-refractivity contribution in [3.8, 4) is 5.88 Å². The predicted molar refractivity (Wildman–Crippen MR) is 50.2 cm³/mol. The van der Waals surface area contributed by atoms with Crippen molar-refractivity contribution in [2.45, 2.75) is 0 Å². The first-order valence-corrected chi connectivity index (χ1v) is 4.39. The van der Waals surface area contributed by atoms with Crippen molar-refractivity contribution in [3.63, 3.8) is 0 Å². The molecule has 3 N–H and O–H groups in total. The highest BCUT2D eigenvalue weighted by Crippen LogP contribution is 2.13. The summed E-state index contributed by atoms with van der Waals surface area (Å²) in [5.74, 6) is 0.119. The van der Waals surface area contributed by atoms with Crippen molar-refractivity contribution >= 4 is 23.5 Å². The van der Waals surface area contributed by atoms with E-state index in [0.717, 1.165) is 11.3 Å². The normalized spacial score (nSPS) is 11.1. The summed E-state index contributed by atoms with van der Waals surface area (Å²) in [6, 6.07) is 0. The second kappa shape index (κ2) is 3.42. The third-order valence-electron chi connectivity index (χ3n) is 1.36. The van der Waals surface area contributed by atoms with Crippen LogP contribution in [0, 0.1) is 0 Å². The number of rotatable bonds is 2. The number of H-pyrrole nitrogens is 2. The number of aromatic nitrogens is 4. The fourth-order valence-corrected chi connectivity index (χ4v) is 1.40. The Balaban J connectivity index is 2.26. The summed E-state index contributed by atoms with van der Waals surface area (Å²) in [5.41, 5.74) is 0. The van der Waals surface area contributed by atoms with Crippen LogP contribution in [-0.4, -0.2) is 31.5 Å². The first-order chi connectivity index (χ1) is 6.75. The van der Waals surface area contributed by atoms with Gasteiger partial charge in [-0.2, -0.15) is 10.1 Å². The van der Waals surface area contributed by atoms with Gasteiger partial charge in [0.05, 0.1) is 6.21 Å². The summed E-state index contributed by atoms with van der Waals surface area (Å²) in [5, 5.41) is 15.3. The highest BCUT2D eigenvalue weighted by molar-refractivity contribution is 7.11. The maximum Gasteiger partial charge on any atom is 0.307 e. The van der Waals surface area contributed by atoms with Crippen LogP contribution in [0.15, 0.2) is 16.1 Å². The zero-order chi connectivity index (χ0) is 9.97. The number of nitrogens with zero attached hydrogens (tertiary/aromatic N) is 3. The van der Waals surface area contributed by atoms with Crippen molar-refractivity contribution in [2.75, 3.05) is 0 Å². The molecule has 2 aromatic heterocycles. The number of nitrogens with one attached hydrogen (secondary N) is 2. The summed E-state index contributed by atoms with van der Waals surface area (Å²) in [6.07, 6.45) is 2.64. The lowest BCUT2D eigenvalue weighted by molar-refractivity contribution is 0.455. The number of aromatic amines is 2. The molecule has 0 saturated carbocycles. The van der Waals surface area contributed by atoms with Gasteiger partial charge in [0.25, 0.3) is 0 Å². The monoisotopic (exact) mass is 211 g/mol. The average molecular weight is 211 g/mol. The van der Waals surface area contributed by atoms with Crippen molar-refractivity contribution in [2.24, 2.45) is 4.99 Å². The van der Waals surface area contributed by atoms with Crippen LogP contribution < -0.4 is 4.87 Å². The van der Waals surface area contributed by atoms with Gasteiger partial charge in [0.2, 0.25) is 11.8 Å². The quantitative estimate of drug-likeness (QED) is 0.608.